The molecule has 2 aliphatic rings. The first-order chi connectivity index (χ1) is 12.0. The van der Waals surface area contributed by atoms with Gasteiger partial charge in [0.25, 0.3) is 0 Å². The van der Waals surface area contributed by atoms with E-state index in [4.69, 9.17) is 11.6 Å². The minimum absolute atomic E-state index is 0.0900. The summed E-state index contributed by atoms with van der Waals surface area (Å²) in [7, 11) is 1.88. The molecule has 5 nitrogen and oxygen atoms in total. The number of nitrogens with one attached hydrogen (secondary N) is 3. The van der Waals surface area contributed by atoms with Gasteiger partial charge in [0.1, 0.15) is 0 Å². The molecule has 2 saturated heterocycles. The summed E-state index contributed by atoms with van der Waals surface area (Å²) in [4.78, 5) is 15.0. The number of fused-ring (bicyclic) bond motifs is 1. The molecule has 1 amide bonds. The van der Waals surface area contributed by atoms with Crippen molar-refractivity contribution in [2.75, 3.05) is 20.1 Å². The molecule has 1 aromatic carbocycles. The molecule has 6 heteroatoms. The van der Waals surface area contributed by atoms with E-state index in [0.29, 0.717) is 17.9 Å². The first-order valence-electron chi connectivity index (χ1n) is 9.22. The number of carbonyl (C=O) groups is 1. The second-order valence-electron chi connectivity index (χ2n) is 7.63. The van der Waals surface area contributed by atoms with Gasteiger partial charge < -0.3 is 10.2 Å². The zero-order valence-corrected chi connectivity index (χ0v) is 16.0. The topological polar surface area (TPSA) is 56.4 Å². The van der Waals surface area contributed by atoms with Crippen LogP contribution >= 0.6 is 11.6 Å². The molecule has 0 radical (unpaired) electrons. The summed E-state index contributed by atoms with van der Waals surface area (Å²) in [6.45, 7) is 5.92. The van der Waals surface area contributed by atoms with Gasteiger partial charge in [-0.3, -0.25) is 10.2 Å². The summed E-state index contributed by atoms with van der Waals surface area (Å²) in [6, 6.07) is 8.51. The molecule has 2 heterocycles. The lowest BCUT2D eigenvalue weighted by Gasteiger charge is -2.38. The van der Waals surface area contributed by atoms with E-state index in [-0.39, 0.29) is 18.0 Å². The quantitative estimate of drug-likeness (QED) is 0.750. The second-order valence-corrected chi connectivity index (χ2v) is 8.07. The SMILES string of the molecule is CN[C@@H](CC(C)C)C(=O)N1CCC2NNC(c3ccc(Cl)cc3)C2C1. The summed E-state index contributed by atoms with van der Waals surface area (Å²) in [6.07, 6.45) is 1.85. The standard InChI is InChI=1S/C19H29ClN4O/c1-12(2)10-17(21-3)19(25)24-9-8-16-15(11-24)18(23-22-16)13-4-6-14(20)7-5-13/h4-7,12,15-18,21-23H,8-11H2,1-3H3/t15?,16?,17-,18?/m0/s1. The van der Waals surface area contributed by atoms with Crippen molar-refractivity contribution >= 4 is 17.5 Å². The number of rotatable bonds is 5. The molecule has 0 spiro atoms. The Bertz CT molecular complexity index is 592. The normalized spacial score (nSPS) is 27.4. The lowest BCUT2D eigenvalue weighted by molar-refractivity contribution is -0.135. The van der Waals surface area contributed by atoms with Crippen molar-refractivity contribution in [3.8, 4) is 0 Å². The Morgan fingerprint density at radius 2 is 2.04 bits per heavy atom. The van der Waals surface area contributed by atoms with Gasteiger partial charge in [0.05, 0.1) is 12.1 Å². The maximum absolute atomic E-state index is 12.9. The van der Waals surface area contributed by atoms with Crippen molar-refractivity contribution in [3.63, 3.8) is 0 Å². The van der Waals surface area contributed by atoms with Gasteiger partial charge in [-0.05, 0) is 43.5 Å². The zero-order valence-electron chi connectivity index (χ0n) is 15.3. The van der Waals surface area contributed by atoms with Crippen LogP contribution in [0.1, 0.15) is 38.3 Å². The third-order valence-electron chi connectivity index (χ3n) is 5.40. The highest BCUT2D eigenvalue weighted by molar-refractivity contribution is 6.30. The Morgan fingerprint density at radius 3 is 2.68 bits per heavy atom. The van der Waals surface area contributed by atoms with Crippen molar-refractivity contribution in [1.29, 1.82) is 0 Å². The molecule has 2 fully saturated rings. The first kappa shape index (κ1) is 18.6. The Hall–Kier alpha value is -1.14. The highest BCUT2D eigenvalue weighted by atomic mass is 35.5. The maximum atomic E-state index is 12.9. The van der Waals surface area contributed by atoms with Gasteiger partial charge in [-0.2, -0.15) is 0 Å². The van der Waals surface area contributed by atoms with Crippen LogP contribution in [-0.4, -0.2) is 43.0 Å². The molecule has 3 unspecified atom stereocenters. The number of hydrazine groups is 1. The number of halogens is 1. The summed E-state index contributed by atoms with van der Waals surface area (Å²) in [5.74, 6) is 1.10. The highest BCUT2D eigenvalue weighted by Crippen LogP contribution is 2.34. The van der Waals surface area contributed by atoms with Gasteiger partial charge in [0.2, 0.25) is 5.91 Å². The fourth-order valence-corrected chi connectivity index (χ4v) is 4.16. The number of amides is 1. The van der Waals surface area contributed by atoms with Crippen LogP contribution in [0.4, 0.5) is 0 Å². The Kier molecular flexibility index (Phi) is 6.00. The molecule has 4 atom stereocenters. The minimum Gasteiger partial charge on any atom is -0.341 e. The van der Waals surface area contributed by atoms with Gasteiger partial charge in [0, 0.05) is 30.1 Å². The molecule has 25 heavy (non-hydrogen) atoms. The van der Waals surface area contributed by atoms with E-state index in [9.17, 15) is 4.79 Å². The van der Waals surface area contributed by atoms with E-state index in [1.54, 1.807) is 0 Å². The zero-order chi connectivity index (χ0) is 18.0. The summed E-state index contributed by atoms with van der Waals surface area (Å²) >= 11 is 6.02. The van der Waals surface area contributed by atoms with E-state index in [0.717, 1.165) is 31.0 Å². The number of hydrogen-bond acceptors (Lipinski definition) is 4. The third-order valence-corrected chi connectivity index (χ3v) is 5.66. The van der Waals surface area contributed by atoms with E-state index in [1.165, 1.54) is 5.56 Å². The molecular weight excluding hydrogens is 336 g/mol. The lowest BCUT2D eigenvalue weighted by Crippen LogP contribution is -2.53. The van der Waals surface area contributed by atoms with Crippen LogP contribution in [0, 0.1) is 11.8 Å². The van der Waals surface area contributed by atoms with Crippen LogP contribution in [-0.2, 0) is 4.79 Å². The smallest absolute Gasteiger partial charge is 0.239 e. The molecule has 0 aliphatic carbocycles. The van der Waals surface area contributed by atoms with Gasteiger partial charge in [-0.25, -0.2) is 5.43 Å². The van der Waals surface area contributed by atoms with Crippen molar-refractivity contribution in [1.82, 2.24) is 21.1 Å². The Morgan fingerprint density at radius 1 is 1.32 bits per heavy atom. The van der Waals surface area contributed by atoms with Crippen molar-refractivity contribution < 1.29 is 4.79 Å². The first-order valence-corrected chi connectivity index (χ1v) is 9.60. The van der Waals surface area contributed by atoms with Gasteiger partial charge in [-0.1, -0.05) is 37.6 Å². The molecule has 3 N–H and O–H groups in total. The largest absolute Gasteiger partial charge is 0.341 e. The van der Waals surface area contributed by atoms with Crippen LogP contribution in [0.15, 0.2) is 24.3 Å². The van der Waals surface area contributed by atoms with Crippen molar-refractivity contribution in [3.05, 3.63) is 34.9 Å². The number of benzene rings is 1. The molecular formula is C19H29ClN4O. The van der Waals surface area contributed by atoms with Crippen LogP contribution in [0.25, 0.3) is 0 Å². The number of hydrogen-bond donors (Lipinski definition) is 3. The van der Waals surface area contributed by atoms with E-state index in [1.807, 2.05) is 24.1 Å². The van der Waals surface area contributed by atoms with E-state index in [2.05, 4.69) is 42.1 Å². The van der Waals surface area contributed by atoms with Crippen LogP contribution < -0.4 is 16.2 Å². The summed E-state index contributed by atoms with van der Waals surface area (Å²) in [5.41, 5.74) is 8.06. The molecule has 1 aromatic rings. The van der Waals surface area contributed by atoms with Crippen molar-refractivity contribution in [2.24, 2.45) is 11.8 Å². The number of piperidine rings is 1. The summed E-state index contributed by atoms with van der Waals surface area (Å²) in [5, 5.41) is 3.95. The maximum Gasteiger partial charge on any atom is 0.239 e. The average molecular weight is 365 g/mol. The van der Waals surface area contributed by atoms with Crippen LogP contribution in [0.3, 0.4) is 0 Å². The average Bonchev–Trinajstić information content (AvgIpc) is 3.02. The predicted octanol–water partition coefficient (Wildman–Crippen LogP) is 2.34. The second kappa shape index (κ2) is 8.04. The van der Waals surface area contributed by atoms with Gasteiger partial charge in [-0.15, -0.1) is 0 Å². The van der Waals surface area contributed by atoms with Crippen LogP contribution in [0.5, 0.6) is 0 Å². The monoisotopic (exact) mass is 364 g/mol. The molecule has 3 rings (SSSR count). The molecule has 2 aliphatic heterocycles. The van der Waals surface area contributed by atoms with Gasteiger partial charge in [0.15, 0.2) is 0 Å². The summed E-state index contributed by atoms with van der Waals surface area (Å²) < 4.78 is 0. The molecule has 0 bridgehead atoms. The predicted molar refractivity (Wildman–Crippen MR) is 101 cm³/mol. The van der Waals surface area contributed by atoms with Crippen molar-refractivity contribution in [2.45, 2.75) is 44.8 Å². The highest BCUT2D eigenvalue weighted by Gasteiger charge is 2.42. The number of carbonyl (C=O) groups excluding carboxylic acids is 1. The minimum atomic E-state index is -0.0900. The Balaban J connectivity index is 1.70. The Labute approximate surface area is 155 Å². The van der Waals surface area contributed by atoms with Crippen LogP contribution in [0.2, 0.25) is 5.02 Å². The molecule has 138 valence electrons. The molecule has 0 saturated carbocycles. The molecule has 0 aromatic heterocycles. The van der Waals surface area contributed by atoms with Gasteiger partial charge >= 0.3 is 0 Å². The fraction of sp³-hybridized carbons (Fsp3) is 0.632. The number of likely N-dealkylation sites (N-methyl/N-ethyl adjacent to an activating group) is 1. The lowest BCUT2D eigenvalue weighted by atomic mass is 9.84. The van der Waals surface area contributed by atoms with E-state index < -0.39 is 0 Å². The fourth-order valence-electron chi connectivity index (χ4n) is 4.04. The van der Waals surface area contributed by atoms with E-state index >= 15 is 0 Å². The number of nitrogens with zero attached hydrogens (tertiary/aromatic N) is 1. The number of likely N-dealkylation sites (tertiary alicyclic amines) is 1. The third kappa shape index (κ3) is 4.17.